The van der Waals surface area contributed by atoms with Gasteiger partial charge in [-0.1, -0.05) is 37.3 Å². The Morgan fingerprint density at radius 3 is 2.74 bits per heavy atom. The molecule has 0 amide bonds. The van der Waals surface area contributed by atoms with Crippen molar-refractivity contribution in [3.63, 3.8) is 0 Å². The number of aryl methyl sites for hydroxylation is 1. The molecule has 0 bridgehead atoms. The molecule has 0 radical (unpaired) electrons. The van der Waals surface area contributed by atoms with Crippen LogP contribution in [-0.2, 0) is 11.2 Å². The molecule has 0 saturated carbocycles. The maximum atomic E-state index is 5.83. The van der Waals surface area contributed by atoms with Crippen LogP contribution in [0.2, 0.25) is 0 Å². The Morgan fingerprint density at radius 1 is 1.32 bits per heavy atom. The summed E-state index contributed by atoms with van der Waals surface area (Å²) < 4.78 is 5.83. The molecule has 0 aromatic heterocycles. The van der Waals surface area contributed by atoms with Crippen molar-refractivity contribution in [2.75, 3.05) is 19.7 Å². The lowest BCUT2D eigenvalue weighted by Gasteiger charge is -2.32. The highest BCUT2D eigenvalue weighted by Crippen LogP contribution is 2.39. The quantitative estimate of drug-likeness (QED) is 0.812. The summed E-state index contributed by atoms with van der Waals surface area (Å²) in [5.74, 6) is 0. The van der Waals surface area contributed by atoms with Gasteiger partial charge in [0.1, 0.15) is 0 Å². The van der Waals surface area contributed by atoms with E-state index in [0.29, 0.717) is 11.5 Å². The van der Waals surface area contributed by atoms with Gasteiger partial charge in [0.25, 0.3) is 0 Å². The Hall–Kier alpha value is -0.860. The summed E-state index contributed by atoms with van der Waals surface area (Å²) in [5.41, 5.74) is 1.80. The fourth-order valence-electron chi connectivity index (χ4n) is 3.13. The lowest BCUT2D eigenvalue weighted by Crippen LogP contribution is -2.39. The average Bonchev–Trinajstić information content (AvgIpc) is 2.80. The molecule has 1 fully saturated rings. The van der Waals surface area contributed by atoms with Gasteiger partial charge in [0.05, 0.1) is 6.10 Å². The van der Waals surface area contributed by atoms with Crippen LogP contribution in [0.5, 0.6) is 0 Å². The van der Waals surface area contributed by atoms with Crippen LogP contribution in [0.3, 0.4) is 0 Å². The number of hydrogen-bond acceptors (Lipinski definition) is 2. The summed E-state index contributed by atoms with van der Waals surface area (Å²) in [6.07, 6.45) is 5.29. The lowest BCUT2D eigenvalue weighted by molar-refractivity contribution is 0.0577. The fraction of sp³-hybridized carbons (Fsp3) is 0.647. The normalized spacial score (nSPS) is 26.7. The van der Waals surface area contributed by atoms with Gasteiger partial charge >= 0.3 is 0 Å². The molecule has 2 atom stereocenters. The highest BCUT2D eigenvalue weighted by atomic mass is 16.5. The van der Waals surface area contributed by atoms with Gasteiger partial charge < -0.3 is 10.1 Å². The van der Waals surface area contributed by atoms with Crippen LogP contribution >= 0.6 is 0 Å². The molecule has 19 heavy (non-hydrogen) atoms. The molecule has 2 heteroatoms. The third-order valence-electron chi connectivity index (χ3n) is 4.54. The standard InChI is InChI=1S/C17H27NO/c1-3-18-14-17(12-13-19-15(17)2)11-7-10-16-8-5-4-6-9-16/h4-6,8-9,15,18H,3,7,10-14H2,1-2H3. The predicted molar refractivity (Wildman–Crippen MR) is 80.4 cm³/mol. The summed E-state index contributed by atoms with van der Waals surface area (Å²) in [7, 11) is 0. The summed E-state index contributed by atoms with van der Waals surface area (Å²) in [4.78, 5) is 0. The molecule has 0 aliphatic carbocycles. The first-order valence-electron chi connectivity index (χ1n) is 7.63. The van der Waals surface area contributed by atoms with Crippen molar-refractivity contribution in [3.8, 4) is 0 Å². The SMILES string of the molecule is CCNCC1(CCCc2ccccc2)CCOC1C. The Kier molecular flexibility index (Phi) is 5.41. The average molecular weight is 261 g/mol. The molecule has 2 rings (SSSR count). The zero-order valence-electron chi connectivity index (χ0n) is 12.3. The van der Waals surface area contributed by atoms with Crippen molar-refractivity contribution in [1.29, 1.82) is 0 Å². The zero-order valence-corrected chi connectivity index (χ0v) is 12.3. The van der Waals surface area contributed by atoms with Crippen molar-refractivity contribution in [2.24, 2.45) is 5.41 Å². The van der Waals surface area contributed by atoms with Gasteiger partial charge in [-0.15, -0.1) is 0 Å². The van der Waals surface area contributed by atoms with E-state index in [4.69, 9.17) is 4.74 Å². The van der Waals surface area contributed by atoms with Gasteiger partial charge in [-0.2, -0.15) is 0 Å². The minimum atomic E-state index is 0.352. The Bertz CT molecular complexity index is 365. The minimum absolute atomic E-state index is 0.352. The molecule has 2 unspecified atom stereocenters. The Balaban J connectivity index is 1.86. The first-order chi connectivity index (χ1) is 9.27. The van der Waals surface area contributed by atoms with E-state index in [1.54, 1.807) is 0 Å². The Morgan fingerprint density at radius 2 is 2.11 bits per heavy atom. The maximum absolute atomic E-state index is 5.83. The van der Waals surface area contributed by atoms with Gasteiger partial charge in [-0.05, 0) is 44.7 Å². The van der Waals surface area contributed by atoms with Gasteiger partial charge in [0.2, 0.25) is 0 Å². The third kappa shape index (κ3) is 3.80. The van der Waals surface area contributed by atoms with Crippen molar-refractivity contribution < 1.29 is 4.74 Å². The molecule has 1 aromatic carbocycles. The largest absolute Gasteiger partial charge is 0.378 e. The highest BCUT2D eigenvalue weighted by molar-refractivity contribution is 5.14. The van der Waals surface area contributed by atoms with Crippen LogP contribution < -0.4 is 5.32 Å². The lowest BCUT2D eigenvalue weighted by atomic mass is 9.76. The number of benzene rings is 1. The second kappa shape index (κ2) is 7.06. The molecule has 1 aliphatic rings. The number of rotatable bonds is 7. The molecule has 1 saturated heterocycles. The van der Waals surface area contributed by atoms with Crippen LogP contribution in [0.15, 0.2) is 30.3 Å². The van der Waals surface area contributed by atoms with E-state index in [-0.39, 0.29) is 0 Å². The van der Waals surface area contributed by atoms with Crippen molar-refractivity contribution in [2.45, 2.75) is 45.6 Å². The molecule has 106 valence electrons. The van der Waals surface area contributed by atoms with Crippen LogP contribution in [0.25, 0.3) is 0 Å². The molecule has 1 N–H and O–H groups in total. The zero-order chi connectivity index (χ0) is 13.6. The van der Waals surface area contributed by atoms with E-state index >= 15 is 0 Å². The topological polar surface area (TPSA) is 21.3 Å². The summed E-state index contributed by atoms with van der Waals surface area (Å²) >= 11 is 0. The predicted octanol–water partition coefficient (Wildman–Crippen LogP) is 3.41. The molecule has 2 nitrogen and oxygen atoms in total. The maximum Gasteiger partial charge on any atom is 0.0616 e. The van der Waals surface area contributed by atoms with Crippen LogP contribution in [0.1, 0.15) is 38.7 Å². The molecule has 1 aromatic rings. The smallest absolute Gasteiger partial charge is 0.0616 e. The second-order valence-corrected chi connectivity index (χ2v) is 5.74. The van der Waals surface area contributed by atoms with E-state index in [1.807, 2.05) is 0 Å². The fourth-order valence-corrected chi connectivity index (χ4v) is 3.13. The number of nitrogens with one attached hydrogen (secondary N) is 1. The highest BCUT2D eigenvalue weighted by Gasteiger charge is 2.40. The van der Waals surface area contributed by atoms with Crippen LogP contribution in [0, 0.1) is 5.41 Å². The van der Waals surface area contributed by atoms with E-state index < -0.39 is 0 Å². The van der Waals surface area contributed by atoms with Crippen molar-refractivity contribution in [1.82, 2.24) is 5.32 Å². The number of ether oxygens (including phenoxy) is 1. The van der Waals surface area contributed by atoms with E-state index in [2.05, 4.69) is 49.5 Å². The number of hydrogen-bond donors (Lipinski definition) is 1. The van der Waals surface area contributed by atoms with E-state index in [1.165, 1.54) is 31.2 Å². The van der Waals surface area contributed by atoms with Gasteiger partial charge in [0.15, 0.2) is 0 Å². The molecule has 1 heterocycles. The van der Waals surface area contributed by atoms with Crippen molar-refractivity contribution in [3.05, 3.63) is 35.9 Å². The minimum Gasteiger partial charge on any atom is -0.378 e. The summed E-state index contributed by atoms with van der Waals surface area (Å²) in [6, 6.07) is 10.8. The summed E-state index contributed by atoms with van der Waals surface area (Å²) in [6.45, 7) is 7.50. The van der Waals surface area contributed by atoms with Crippen molar-refractivity contribution >= 4 is 0 Å². The van der Waals surface area contributed by atoms with Gasteiger partial charge in [-0.25, -0.2) is 0 Å². The van der Waals surface area contributed by atoms with Crippen LogP contribution in [0.4, 0.5) is 0 Å². The first-order valence-corrected chi connectivity index (χ1v) is 7.63. The molecule has 0 spiro atoms. The second-order valence-electron chi connectivity index (χ2n) is 5.74. The molecular formula is C17H27NO. The molecule has 1 aliphatic heterocycles. The molecular weight excluding hydrogens is 234 g/mol. The van der Waals surface area contributed by atoms with E-state index in [0.717, 1.165) is 19.7 Å². The van der Waals surface area contributed by atoms with Gasteiger partial charge in [0, 0.05) is 18.6 Å². The Labute approximate surface area is 117 Å². The first kappa shape index (κ1) is 14.5. The third-order valence-corrected chi connectivity index (χ3v) is 4.54. The van der Waals surface area contributed by atoms with Crippen LogP contribution in [-0.4, -0.2) is 25.8 Å². The monoisotopic (exact) mass is 261 g/mol. The van der Waals surface area contributed by atoms with E-state index in [9.17, 15) is 0 Å². The van der Waals surface area contributed by atoms with Gasteiger partial charge in [-0.3, -0.25) is 0 Å². The summed E-state index contributed by atoms with van der Waals surface area (Å²) in [5, 5.41) is 3.53.